The number of nitrogens with two attached hydrogens (primary N) is 1. The highest BCUT2D eigenvalue weighted by molar-refractivity contribution is 5.85. The van der Waals surface area contributed by atoms with E-state index in [0.29, 0.717) is 13.2 Å². The predicted molar refractivity (Wildman–Crippen MR) is 75.0 cm³/mol. The maximum Gasteiger partial charge on any atom is 0.120 e. The summed E-state index contributed by atoms with van der Waals surface area (Å²) in [5, 5.41) is 4.17. The average molecular weight is 268 g/mol. The molecule has 0 unspecified atom stereocenters. The van der Waals surface area contributed by atoms with Crippen molar-refractivity contribution in [1.82, 2.24) is 9.78 Å². The molecular weight excluding hydrogens is 250 g/mol. The number of aromatic nitrogens is 2. The second-order valence-electron chi connectivity index (χ2n) is 3.91. The van der Waals surface area contributed by atoms with E-state index in [-0.39, 0.29) is 12.4 Å². The van der Waals surface area contributed by atoms with Gasteiger partial charge in [0.05, 0.1) is 12.8 Å². The number of aryl methyl sites for hydroxylation is 1. The van der Waals surface area contributed by atoms with Crippen molar-refractivity contribution in [2.24, 2.45) is 12.8 Å². The van der Waals surface area contributed by atoms with Gasteiger partial charge in [-0.05, 0) is 36.2 Å². The van der Waals surface area contributed by atoms with Gasteiger partial charge in [0.15, 0.2) is 0 Å². The molecule has 98 valence electrons. The largest absolute Gasteiger partial charge is 0.494 e. The summed E-state index contributed by atoms with van der Waals surface area (Å²) in [4.78, 5) is 0. The van der Waals surface area contributed by atoms with Gasteiger partial charge in [0.25, 0.3) is 0 Å². The molecule has 4 nitrogen and oxygen atoms in total. The van der Waals surface area contributed by atoms with Crippen LogP contribution in [-0.2, 0) is 13.6 Å². The molecular formula is C13H18ClN3O. The zero-order chi connectivity index (χ0) is 12.3. The number of halogens is 1. The molecule has 0 bridgehead atoms. The minimum Gasteiger partial charge on any atom is -0.494 e. The van der Waals surface area contributed by atoms with Crippen LogP contribution in [0.2, 0.25) is 0 Å². The van der Waals surface area contributed by atoms with E-state index in [1.54, 1.807) is 4.68 Å². The number of rotatable bonds is 4. The Bertz CT molecular complexity index is 511. The first kappa shape index (κ1) is 14.5. The Morgan fingerprint density at radius 2 is 2.06 bits per heavy atom. The second-order valence-corrected chi connectivity index (χ2v) is 3.91. The van der Waals surface area contributed by atoms with Gasteiger partial charge in [0.2, 0.25) is 0 Å². The van der Waals surface area contributed by atoms with Crippen LogP contribution in [0.4, 0.5) is 0 Å². The Hall–Kier alpha value is -1.52. The summed E-state index contributed by atoms with van der Waals surface area (Å²) in [6, 6.07) is 6.06. The smallest absolute Gasteiger partial charge is 0.120 e. The van der Waals surface area contributed by atoms with Crippen molar-refractivity contribution >= 4 is 12.4 Å². The van der Waals surface area contributed by atoms with Crippen LogP contribution in [0.3, 0.4) is 0 Å². The summed E-state index contributed by atoms with van der Waals surface area (Å²) in [6.07, 6.45) is 3.82. The average Bonchev–Trinajstić information content (AvgIpc) is 2.76. The lowest BCUT2D eigenvalue weighted by Crippen LogP contribution is -1.99. The van der Waals surface area contributed by atoms with Crippen LogP contribution >= 0.6 is 12.4 Å². The first-order valence-electron chi connectivity index (χ1n) is 5.68. The molecule has 0 fully saturated rings. The molecule has 0 spiro atoms. The van der Waals surface area contributed by atoms with E-state index in [9.17, 15) is 0 Å². The third-order valence-electron chi connectivity index (χ3n) is 2.55. The molecule has 0 radical (unpaired) electrons. The van der Waals surface area contributed by atoms with E-state index in [1.807, 2.05) is 38.5 Å². The first-order chi connectivity index (χ1) is 8.22. The molecule has 0 amide bonds. The Morgan fingerprint density at radius 1 is 1.28 bits per heavy atom. The minimum absolute atomic E-state index is 0. The molecule has 1 aromatic carbocycles. The first-order valence-corrected chi connectivity index (χ1v) is 5.68. The zero-order valence-corrected chi connectivity index (χ0v) is 11.4. The predicted octanol–water partition coefficient (Wildman–Crippen LogP) is 2.37. The molecule has 2 rings (SSSR count). The Balaban J connectivity index is 0.00000162. The topological polar surface area (TPSA) is 53.1 Å². The van der Waals surface area contributed by atoms with Gasteiger partial charge in [-0.25, -0.2) is 0 Å². The standard InChI is InChI=1S/C13H17N3O.ClH/c1-3-17-13-5-10(7-14)4-11(6-13)12-8-15-16(2)9-12;/h4-6,8-9H,3,7,14H2,1-2H3;1H. The van der Waals surface area contributed by atoms with Crippen LogP contribution < -0.4 is 10.5 Å². The number of nitrogens with zero attached hydrogens (tertiary/aromatic N) is 2. The van der Waals surface area contributed by atoms with Crippen LogP contribution in [0.1, 0.15) is 12.5 Å². The van der Waals surface area contributed by atoms with Gasteiger partial charge >= 0.3 is 0 Å². The summed E-state index contributed by atoms with van der Waals surface area (Å²) < 4.78 is 7.32. The van der Waals surface area contributed by atoms with Crippen molar-refractivity contribution in [1.29, 1.82) is 0 Å². The molecule has 2 N–H and O–H groups in total. The second kappa shape index (κ2) is 6.42. The van der Waals surface area contributed by atoms with Crippen LogP contribution in [0.5, 0.6) is 5.75 Å². The van der Waals surface area contributed by atoms with Crippen LogP contribution in [0, 0.1) is 0 Å². The number of hydrogen-bond donors (Lipinski definition) is 1. The van der Waals surface area contributed by atoms with Gasteiger partial charge in [-0.2, -0.15) is 5.10 Å². The Labute approximate surface area is 113 Å². The molecule has 0 atom stereocenters. The summed E-state index contributed by atoms with van der Waals surface area (Å²) in [5.41, 5.74) is 8.92. The van der Waals surface area contributed by atoms with Gasteiger partial charge in [-0.3, -0.25) is 4.68 Å². The molecule has 1 heterocycles. The molecule has 0 aliphatic heterocycles. The van der Waals surface area contributed by atoms with Crippen molar-refractivity contribution in [2.45, 2.75) is 13.5 Å². The Kier molecular flexibility index (Phi) is 5.19. The fourth-order valence-corrected chi connectivity index (χ4v) is 1.77. The van der Waals surface area contributed by atoms with Crippen molar-refractivity contribution in [2.75, 3.05) is 6.61 Å². The molecule has 0 aliphatic rings. The third kappa shape index (κ3) is 3.24. The van der Waals surface area contributed by atoms with Crippen LogP contribution in [0.25, 0.3) is 11.1 Å². The molecule has 2 aromatic rings. The number of hydrogen-bond acceptors (Lipinski definition) is 3. The molecule has 5 heteroatoms. The molecule has 0 saturated carbocycles. The van der Waals surface area contributed by atoms with Gasteiger partial charge in [-0.15, -0.1) is 12.4 Å². The van der Waals surface area contributed by atoms with Crippen LogP contribution in [0.15, 0.2) is 30.6 Å². The Morgan fingerprint density at radius 3 is 2.61 bits per heavy atom. The fourth-order valence-electron chi connectivity index (χ4n) is 1.77. The highest BCUT2D eigenvalue weighted by atomic mass is 35.5. The summed E-state index contributed by atoms with van der Waals surface area (Å²) in [5.74, 6) is 0.856. The quantitative estimate of drug-likeness (QED) is 0.925. The van der Waals surface area contributed by atoms with Gasteiger partial charge in [0, 0.05) is 25.4 Å². The van der Waals surface area contributed by atoms with Crippen LogP contribution in [-0.4, -0.2) is 16.4 Å². The molecule has 1 aromatic heterocycles. The van der Waals surface area contributed by atoms with E-state index >= 15 is 0 Å². The maximum atomic E-state index is 5.69. The highest BCUT2D eigenvalue weighted by Gasteiger charge is 2.05. The third-order valence-corrected chi connectivity index (χ3v) is 2.55. The van der Waals surface area contributed by atoms with Crippen molar-refractivity contribution in [3.8, 4) is 16.9 Å². The number of ether oxygens (including phenoxy) is 1. The number of benzene rings is 1. The summed E-state index contributed by atoms with van der Waals surface area (Å²) >= 11 is 0. The van der Waals surface area contributed by atoms with Gasteiger partial charge in [-0.1, -0.05) is 0 Å². The monoisotopic (exact) mass is 267 g/mol. The normalized spacial score (nSPS) is 9.94. The van der Waals surface area contributed by atoms with Crippen molar-refractivity contribution in [3.63, 3.8) is 0 Å². The SMILES string of the molecule is CCOc1cc(CN)cc(-c2cnn(C)c2)c1.Cl. The summed E-state index contributed by atoms with van der Waals surface area (Å²) in [7, 11) is 1.90. The molecule has 0 aliphatic carbocycles. The van der Waals surface area contributed by atoms with Gasteiger partial charge in [0.1, 0.15) is 5.75 Å². The lowest BCUT2D eigenvalue weighted by molar-refractivity contribution is 0.340. The van der Waals surface area contributed by atoms with E-state index in [1.165, 1.54) is 0 Å². The lowest BCUT2D eigenvalue weighted by atomic mass is 10.1. The van der Waals surface area contributed by atoms with Crippen molar-refractivity contribution in [3.05, 3.63) is 36.2 Å². The van der Waals surface area contributed by atoms with E-state index in [0.717, 1.165) is 22.4 Å². The summed E-state index contributed by atoms with van der Waals surface area (Å²) in [6.45, 7) is 3.13. The van der Waals surface area contributed by atoms with Crippen molar-refractivity contribution < 1.29 is 4.74 Å². The highest BCUT2D eigenvalue weighted by Crippen LogP contribution is 2.25. The molecule has 18 heavy (non-hydrogen) atoms. The zero-order valence-electron chi connectivity index (χ0n) is 10.6. The molecule has 0 saturated heterocycles. The van der Waals surface area contributed by atoms with Gasteiger partial charge < -0.3 is 10.5 Å². The van der Waals surface area contributed by atoms with E-state index in [2.05, 4.69) is 11.2 Å². The fraction of sp³-hybridized carbons (Fsp3) is 0.308. The van der Waals surface area contributed by atoms with E-state index in [4.69, 9.17) is 10.5 Å². The maximum absolute atomic E-state index is 5.69. The van der Waals surface area contributed by atoms with E-state index < -0.39 is 0 Å². The minimum atomic E-state index is 0. The lowest BCUT2D eigenvalue weighted by Gasteiger charge is -2.08.